The van der Waals surface area contributed by atoms with Crippen LogP contribution in [0.5, 0.6) is 0 Å². The lowest BCUT2D eigenvalue weighted by atomic mass is 10.1. The van der Waals surface area contributed by atoms with Crippen molar-refractivity contribution in [2.24, 2.45) is 0 Å². The average molecular weight is 346 g/mol. The van der Waals surface area contributed by atoms with Gasteiger partial charge in [0.15, 0.2) is 0 Å². The minimum Gasteiger partial charge on any atom is -0.378 e. The summed E-state index contributed by atoms with van der Waals surface area (Å²) in [6.45, 7) is 1.89. The summed E-state index contributed by atoms with van der Waals surface area (Å²) in [6, 6.07) is 9.71. The number of nitro benzene ring substituents is 1. The zero-order chi connectivity index (χ0) is 15.6. The third kappa shape index (κ3) is 3.59. The third-order valence-corrected chi connectivity index (χ3v) is 4.13. The zero-order valence-corrected chi connectivity index (χ0v) is 13.2. The summed E-state index contributed by atoms with van der Waals surface area (Å²) >= 11 is 17.9. The Kier molecular flexibility index (Phi) is 4.93. The Balaban J connectivity index is 2.27. The van der Waals surface area contributed by atoms with Gasteiger partial charge in [0.05, 0.1) is 21.0 Å². The van der Waals surface area contributed by atoms with Gasteiger partial charge in [0.1, 0.15) is 5.02 Å². The van der Waals surface area contributed by atoms with Crippen LogP contribution in [0.3, 0.4) is 0 Å². The van der Waals surface area contributed by atoms with Crippen molar-refractivity contribution in [3.63, 3.8) is 0 Å². The number of rotatable bonds is 4. The molecule has 2 rings (SSSR count). The molecule has 2 aromatic carbocycles. The van der Waals surface area contributed by atoms with Crippen molar-refractivity contribution in [3.8, 4) is 0 Å². The molecule has 1 unspecified atom stereocenters. The van der Waals surface area contributed by atoms with E-state index in [-0.39, 0.29) is 16.8 Å². The Morgan fingerprint density at radius 2 is 1.86 bits per heavy atom. The van der Waals surface area contributed by atoms with E-state index in [0.29, 0.717) is 15.7 Å². The second kappa shape index (κ2) is 6.52. The largest absolute Gasteiger partial charge is 0.378 e. The molecule has 0 bridgehead atoms. The van der Waals surface area contributed by atoms with Gasteiger partial charge in [0.2, 0.25) is 0 Å². The molecule has 4 nitrogen and oxygen atoms in total. The Morgan fingerprint density at radius 1 is 1.14 bits per heavy atom. The first-order valence-corrected chi connectivity index (χ1v) is 7.18. The number of anilines is 1. The fourth-order valence-corrected chi connectivity index (χ4v) is 2.58. The summed E-state index contributed by atoms with van der Waals surface area (Å²) < 4.78 is 0. The van der Waals surface area contributed by atoms with Crippen molar-refractivity contribution >= 4 is 46.2 Å². The first-order chi connectivity index (χ1) is 9.90. The maximum absolute atomic E-state index is 10.9. The molecule has 0 aliphatic rings. The Labute approximate surface area is 136 Å². The highest BCUT2D eigenvalue weighted by Crippen LogP contribution is 2.33. The molecular formula is C14H11Cl3N2O2. The number of benzene rings is 2. The van der Waals surface area contributed by atoms with Crippen molar-refractivity contribution in [3.05, 3.63) is 67.1 Å². The van der Waals surface area contributed by atoms with Gasteiger partial charge in [-0.25, -0.2) is 0 Å². The maximum Gasteiger partial charge on any atom is 0.289 e. The second-order valence-electron chi connectivity index (χ2n) is 4.43. The Bertz CT molecular complexity index is 692. The molecule has 0 aliphatic carbocycles. The standard InChI is InChI=1S/C14H11Cl3N2O2/c1-8(10-3-2-4-12(16)14(10)17)18-9-5-6-11(15)13(7-9)19(20)21/h2-8,18H,1H3. The van der Waals surface area contributed by atoms with E-state index >= 15 is 0 Å². The molecule has 0 saturated heterocycles. The molecule has 0 aliphatic heterocycles. The molecule has 1 atom stereocenters. The zero-order valence-electron chi connectivity index (χ0n) is 10.9. The van der Waals surface area contributed by atoms with Crippen LogP contribution in [0.2, 0.25) is 15.1 Å². The molecule has 0 aromatic heterocycles. The first-order valence-electron chi connectivity index (χ1n) is 6.04. The van der Waals surface area contributed by atoms with E-state index in [1.165, 1.54) is 12.1 Å². The number of halogens is 3. The van der Waals surface area contributed by atoms with Gasteiger partial charge >= 0.3 is 0 Å². The van der Waals surface area contributed by atoms with E-state index in [0.717, 1.165) is 5.56 Å². The fraction of sp³-hybridized carbons (Fsp3) is 0.143. The topological polar surface area (TPSA) is 55.2 Å². The fourth-order valence-electron chi connectivity index (χ4n) is 1.93. The molecule has 110 valence electrons. The van der Waals surface area contributed by atoms with E-state index in [2.05, 4.69) is 5.32 Å². The van der Waals surface area contributed by atoms with Crippen LogP contribution in [0.1, 0.15) is 18.5 Å². The van der Waals surface area contributed by atoms with Gasteiger partial charge < -0.3 is 5.32 Å². The Hall–Kier alpha value is -1.49. The lowest BCUT2D eigenvalue weighted by molar-refractivity contribution is -0.384. The van der Waals surface area contributed by atoms with Crippen molar-refractivity contribution in [2.75, 3.05) is 5.32 Å². The highest BCUT2D eigenvalue weighted by Gasteiger charge is 2.16. The predicted molar refractivity (Wildman–Crippen MR) is 86.6 cm³/mol. The molecule has 21 heavy (non-hydrogen) atoms. The van der Waals surface area contributed by atoms with Crippen LogP contribution >= 0.6 is 34.8 Å². The molecule has 7 heteroatoms. The van der Waals surface area contributed by atoms with Gasteiger partial charge in [-0.1, -0.05) is 46.9 Å². The van der Waals surface area contributed by atoms with E-state index in [1.54, 1.807) is 18.2 Å². The van der Waals surface area contributed by atoms with Crippen LogP contribution in [-0.4, -0.2) is 4.92 Å². The molecule has 0 fully saturated rings. The number of nitrogens with zero attached hydrogens (tertiary/aromatic N) is 1. The maximum atomic E-state index is 10.9. The molecule has 0 saturated carbocycles. The van der Waals surface area contributed by atoms with Gasteiger partial charge in [-0.3, -0.25) is 10.1 Å². The molecule has 0 amide bonds. The second-order valence-corrected chi connectivity index (χ2v) is 5.62. The monoisotopic (exact) mass is 344 g/mol. The lowest BCUT2D eigenvalue weighted by Gasteiger charge is -2.17. The Morgan fingerprint density at radius 3 is 2.52 bits per heavy atom. The molecule has 0 spiro atoms. The molecule has 0 radical (unpaired) electrons. The SMILES string of the molecule is CC(Nc1ccc(Cl)c([N+](=O)[O-])c1)c1cccc(Cl)c1Cl. The molecule has 2 aromatic rings. The lowest BCUT2D eigenvalue weighted by Crippen LogP contribution is -2.07. The average Bonchev–Trinajstić information content (AvgIpc) is 2.43. The van der Waals surface area contributed by atoms with Gasteiger partial charge in [0, 0.05) is 11.8 Å². The summed E-state index contributed by atoms with van der Waals surface area (Å²) in [5.74, 6) is 0. The van der Waals surface area contributed by atoms with Crippen molar-refractivity contribution < 1.29 is 4.92 Å². The van der Waals surface area contributed by atoms with Crippen molar-refractivity contribution in [2.45, 2.75) is 13.0 Å². The highest BCUT2D eigenvalue weighted by molar-refractivity contribution is 6.42. The summed E-state index contributed by atoms with van der Waals surface area (Å²) in [5, 5.41) is 15.0. The minimum absolute atomic E-state index is 0.0963. The summed E-state index contributed by atoms with van der Waals surface area (Å²) in [7, 11) is 0. The van der Waals surface area contributed by atoms with Crippen LogP contribution in [0, 0.1) is 10.1 Å². The molecule has 0 heterocycles. The van der Waals surface area contributed by atoms with Crippen molar-refractivity contribution in [1.29, 1.82) is 0 Å². The quantitative estimate of drug-likeness (QED) is 0.569. The molecular weight excluding hydrogens is 335 g/mol. The van der Waals surface area contributed by atoms with Crippen LogP contribution in [0.4, 0.5) is 11.4 Å². The summed E-state index contributed by atoms with van der Waals surface area (Å²) in [4.78, 5) is 10.4. The smallest absolute Gasteiger partial charge is 0.289 e. The van der Waals surface area contributed by atoms with Gasteiger partial charge in [0.25, 0.3) is 5.69 Å². The van der Waals surface area contributed by atoms with E-state index < -0.39 is 4.92 Å². The molecule has 1 N–H and O–H groups in total. The van der Waals surface area contributed by atoms with Gasteiger partial charge in [-0.05, 0) is 30.7 Å². The number of nitrogens with one attached hydrogen (secondary N) is 1. The first kappa shape index (κ1) is 15.9. The van der Waals surface area contributed by atoms with E-state index in [4.69, 9.17) is 34.8 Å². The summed E-state index contributed by atoms with van der Waals surface area (Å²) in [6.07, 6.45) is 0. The van der Waals surface area contributed by atoms with Crippen molar-refractivity contribution in [1.82, 2.24) is 0 Å². The third-order valence-electron chi connectivity index (χ3n) is 2.97. The predicted octanol–water partition coefficient (Wildman–Crippen LogP) is 5.73. The normalized spacial score (nSPS) is 12.0. The summed E-state index contributed by atoms with van der Waals surface area (Å²) in [5.41, 5.74) is 1.24. The van der Waals surface area contributed by atoms with Crippen LogP contribution in [0.25, 0.3) is 0 Å². The number of hydrogen-bond donors (Lipinski definition) is 1. The minimum atomic E-state index is -0.523. The van der Waals surface area contributed by atoms with Gasteiger partial charge in [-0.15, -0.1) is 0 Å². The van der Waals surface area contributed by atoms with Crippen LogP contribution < -0.4 is 5.32 Å². The van der Waals surface area contributed by atoms with E-state index in [9.17, 15) is 10.1 Å². The highest BCUT2D eigenvalue weighted by atomic mass is 35.5. The van der Waals surface area contributed by atoms with E-state index in [1.807, 2.05) is 13.0 Å². The van der Waals surface area contributed by atoms with Crippen LogP contribution in [0.15, 0.2) is 36.4 Å². The number of hydrogen-bond acceptors (Lipinski definition) is 3. The van der Waals surface area contributed by atoms with Crippen LogP contribution in [-0.2, 0) is 0 Å². The number of nitro groups is 1. The van der Waals surface area contributed by atoms with Gasteiger partial charge in [-0.2, -0.15) is 0 Å².